The first-order valence-electron chi connectivity index (χ1n) is 8.23. The van der Waals surface area contributed by atoms with Crippen LogP contribution in [0.15, 0.2) is 22.8 Å². The van der Waals surface area contributed by atoms with Crippen molar-refractivity contribution in [2.45, 2.75) is 50.7 Å². The number of nitrogens with zero attached hydrogens (tertiary/aromatic N) is 2. The number of hydrogen-bond acceptors (Lipinski definition) is 3. The fraction of sp³-hybridized carbons (Fsp3) is 0.706. The molecule has 4 rings (SSSR count). The quantitative estimate of drug-likeness (QED) is 0.904. The minimum Gasteiger partial charge on any atom is -0.308 e. The zero-order chi connectivity index (χ0) is 14.4. The number of aromatic nitrogens is 1. The van der Waals surface area contributed by atoms with E-state index < -0.39 is 0 Å². The van der Waals surface area contributed by atoms with E-state index in [2.05, 4.69) is 50.2 Å². The van der Waals surface area contributed by atoms with E-state index in [1.807, 2.05) is 6.20 Å². The van der Waals surface area contributed by atoms with Crippen LogP contribution in [0.25, 0.3) is 0 Å². The summed E-state index contributed by atoms with van der Waals surface area (Å²) < 4.78 is 1.06. The summed E-state index contributed by atoms with van der Waals surface area (Å²) in [6.45, 7) is 5.76. The van der Waals surface area contributed by atoms with Gasteiger partial charge in [-0.25, -0.2) is 0 Å². The predicted octanol–water partition coefficient (Wildman–Crippen LogP) is 3.20. The third kappa shape index (κ3) is 3.03. The van der Waals surface area contributed by atoms with Crippen LogP contribution in [0.1, 0.15) is 38.3 Å². The molecule has 2 heterocycles. The van der Waals surface area contributed by atoms with Gasteiger partial charge in [-0.3, -0.25) is 9.88 Å². The Labute approximate surface area is 135 Å². The molecule has 1 N–H and O–H groups in total. The smallest absolute Gasteiger partial charge is 0.0544 e. The van der Waals surface area contributed by atoms with Crippen molar-refractivity contribution in [2.75, 3.05) is 13.1 Å². The average Bonchev–Trinajstić information content (AvgIpc) is 3.34. The van der Waals surface area contributed by atoms with Crippen LogP contribution in [0.4, 0.5) is 0 Å². The number of piperazine rings is 1. The van der Waals surface area contributed by atoms with Gasteiger partial charge in [0.15, 0.2) is 0 Å². The molecular weight excluding hydrogens is 326 g/mol. The van der Waals surface area contributed by atoms with Gasteiger partial charge in [-0.2, -0.15) is 0 Å². The molecule has 3 nitrogen and oxygen atoms in total. The number of nitrogens with one attached hydrogen (secondary N) is 1. The van der Waals surface area contributed by atoms with Gasteiger partial charge in [-0.15, -0.1) is 0 Å². The van der Waals surface area contributed by atoms with E-state index in [0.29, 0.717) is 11.6 Å². The topological polar surface area (TPSA) is 28.2 Å². The summed E-state index contributed by atoms with van der Waals surface area (Å²) in [6.07, 6.45) is 7.56. The Kier molecular flexibility index (Phi) is 3.59. The third-order valence-corrected chi connectivity index (χ3v) is 5.98. The Morgan fingerprint density at radius 3 is 2.76 bits per heavy atom. The van der Waals surface area contributed by atoms with Gasteiger partial charge in [0, 0.05) is 41.9 Å². The van der Waals surface area contributed by atoms with Crippen LogP contribution in [0.2, 0.25) is 0 Å². The first kappa shape index (κ1) is 14.2. The molecule has 0 spiro atoms. The van der Waals surface area contributed by atoms with Crippen molar-refractivity contribution in [2.24, 2.45) is 11.8 Å². The first-order chi connectivity index (χ1) is 10.1. The van der Waals surface area contributed by atoms with Crippen molar-refractivity contribution >= 4 is 15.9 Å². The van der Waals surface area contributed by atoms with Crippen molar-refractivity contribution in [3.8, 4) is 0 Å². The van der Waals surface area contributed by atoms with Crippen molar-refractivity contribution in [1.29, 1.82) is 0 Å². The van der Waals surface area contributed by atoms with Crippen LogP contribution in [0.3, 0.4) is 0 Å². The molecular formula is C17H24BrN3. The van der Waals surface area contributed by atoms with Crippen LogP contribution in [-0.4, -0.2) is 34.6 Å². The van der Waals surface area contributed by atoms with Gasteiger partial charge in [0.25, 0.3) is 0 Å². The lowest BCUT2D eigenvalue weighted by molar-refractivity contribution is 0.0568. The molecule has 2 saturated carbocycles. The Bertz CT molecular complexity index is 509. The Morgan fingerprint density at radius 2 is 2.14 bits per heavy atom. The fourth-order valence-corrected chi connectivity index (χ4v) is 4.12. The van der Waals surface area contributed by atoms with Crippen LogP contribution >= 0.6 is 15.9 Å². The largest absolute Gasteiger partial charge is 0.308 e. The van der Waals surface area contributed by atoms with Gasteiger partial charge in [-0.05, 0) is 72.5 Å². The highest BCUT2D eigenvalue weighted by atomic mass is 79.9. The zero-order valence-electron chi connectivity index (χ0n) is 12.7. The molecule has 3 fully saturated rings. The second kappa shape index (κ2) is 5.32. The molecule has 114 valence electrons. The standard InChI is InChI=1S/C17H24BrN3/c1-17(13-4-5-13)11-21(16(9-20-17)12-2-3-12)10-15-7-6-14(18)8-19-15/h6-8,12-13,16,20H,2-5,9-11H2,1H3. The normalized spacial score (nSPS) is 34.1. The summed E-state index contributed by atoms with van der Waals surface area (Å²) in [7, 11) is 0. The maximum atomic E-state index is 4.59. The van der Waals surface area contributed by atoms with Gasteiger partial charge < -0.3 is 5.32 Å². The number of rotatable bonds is 4. The van der Waals surface area contributed by atoms with Crippen molar-refractivity contribution in [3.05, 3.63) is 28.5 Å². The number of pyridine rings is 1. The molecule has 1 saturated heterocycles. The third-order valence-electron chi connectivity index (χ3n) is 5.51. The maximum absolute atomic E-state index is 4.59. The highest BCUT2D eigenvalue weighted by molar-refractivity contribution is 9.10. The lowest BCUT2D eigenvalue weighted by Gasteiger charge is -2.47. The second-order valence-electron chi connectivity index (χ2n) is 7.35. The fourth-order valence-electron chi connectivity index (χ4n) is 3.88. The van der Waals surface area contributed by atoms with E-state index in [-0.39, 0.29) is 0 Å². The molecule has 2 aliphatic carbocycles. The summed E-state index contributed by atoms with van der Waals surface area (Å²) in [5, 5.41) is 3.88. The van der Waals surface area contributed by atoms with Crippen LogP contribution in [0, 0.1) is 11.8 Å². The summed E-state index contributed by atoms with van der Waals surface area (Å²) in [4.78, 5) is 7.30. The number of halogens is 1. The molecule has 0 amide bonds. The van der Waals surface area contributed by atoms with Gasteiger partial charge in [0.1, 0.15) is 0 Å². The highest BCUT2D eigenvalue weighted by Crippen LogP contribution is 2.44. The van der Waals surface area contributed by atoms with E-state index >= 15 is 0 Å². The minimum absolute atomic E-state index is 0.320. The molecule has 2 atom stereocenters. The van der Waals surface area contributed by atoms with Crippen LogP contribution in [0.5, 0.6) is 0 Å². The van der Waals surface area contributed by atoms with E-state index in [4.69, 9.17) is 0 Å². The minimum atomic E-state index is 0.320. The van der Waals surface area contributed by atoms with E-state index in [0.717, 1.165) is 29.4 Å². The Morgan fingerprint density at radius 1 is 1.33 bits per heavy atom. The Balaban J connectivity index is 1.51. The highest BCUT2D eigenvalue weighted by Gasteiger charge is 2.48. The molecule has 0 bridgehead atoms. The molecule has 0 radical (unpaired) electrons. The lowest BCUT2D eigenvalue weighted by Crippen LogP contribution is -2.64. The Hall–Kier alpha value is -0.450. The van der Waals surface area contributed by atoms with Crippen LogP contribution in [-0.2, 0) is 6.54 Å². The summed E-state index contributed by atoms with van der Waals surface area (Å²) in [5.74, 6) is 1.80. The van der Waals surface area contributed by atoms with E-state index in [1.54, 1.807) is 0 Å². The van der Waals surface area contributed by atoms with Crippen molar-refractivity contribution in [3.63, 3.8) is 0 Å². The second-order valence-corrected chi connectivity index (χ2v) is 8.27. The molecule has 1 aliphatic heterocycles. The molecule has 1 aromatic heterocycles. The van der Waals surface area contributed by atoms with Crippen LogP contribution < -0.4 is 5.32 Å². The summed E-state index contributed by atoms with van der Waals surface area (Å²) in [6, 6.07) is 4.98. The van der Waals surface area contributed by atoms with Crippen molar-refractivity contribution in [1.82, 2.24) is 15.2 Å². The maximum Gasteiger partial charge on any atom is 0.0544 e. The summed E-state index contributed by atoms with van der Waals surface area (Å²) in [5.41, 5.74) is 1.52. The molecule has 3 aliphatic rings. The SMILES string of the molecule is CC1(C2CC2)CN(Cc2ccc(Br)cn2)C(C2CC2)CN1. The number of hydrogen-bond donors (Lipinski definition) is 1. The molecule has 4 heteroatoms. The van der Waals surface area contributed by atoms with Gasteiger partial charge >= 0.3 is 0 Å². The van der Waals surface area contributed by atoms with Gasteiger partial charge in [0.2, 0.25) is 0 Å². The first-order valence-corrected chi connectivity index (χ1v) is 9.03. The molecule has 21 heavy (non-hydrogen) atoms. The van der Waals surface area contributed by atoms with Gasteiger partial charge in [-0.1, -0.05) is 0 Å². The molecule has 0 aromatic carbocycles. The van der Waals surface area contributed by atoms with Crippen molar-refractivity contribution < 1.29 is 0 Å². The monoisotopic (exact) mass is 349 g/mol. The van der Waals surface area contributed by atoms with E-state index in [1.165, 1.54) is 37.9 Å². The summed E-state index contributed by atoms with van der Waals surface area (Å²) >= 11 is 3.48. The average molecular weight is 350 g/mol. The van der Waals surface area contributed by atoms with Gasteiger partial charge in [0.05, 0.1) is 5.69 Å². The molecule has 2 unspecified atom stereocenters. The molecule has 1 aromatic rings. The lowest BCUT2D eigenvalue weighted by atomic mass is 9.89. The van der Waals surface area contributed by atoms with E-state index in [9.17, 15) is 0 Å². The predicted molar refractivity (Wildman–Crippen MR) is 88.0 cm³/mol. The zero-order valence-corrected chi connectivity index (χ0v) is 14.3.